The first kappa shape index (κ1) is 12.3. The van der Waals surface area contributed by atoms with Crippen LogP contribution < -0.4 is 10.1 Å². The summed E-state index contributed by atoms with van der Waals surface area (Å²) in [6.07, 6.45) is 6.23. The Morgan fingerprint density at radius 1 is 1.50 bits per heavy atom. The third-order valence-electron chi connectivity index (χ3n) is 2.04. The molecule has 0 fully saturated rings. The van der Waals surface area contributed by atoms with E-state index in [1.54, 1.807) is 6.07 Å². The van der Waals surface area contributed by atoms with Crippen molar-refractivity contribution >= 4 is 5.82 Å². The average Bonchev–Trinajstić information content (AvgIpc) is 2.25. The predicted molar refractivity (Wildman–Crippen MR) is 64.5 cm³/mol. The first-order chi connectivity index (χ1) is 7.69. The molecule has 0 aliphatic carbocycles. The molecule has 1 rings (SSSR count). The molecule has 0 saturated heterocycles. The Morgan fingerprint density at radius 2 is 2.25 bits per heavy atom. The van der Waals surface area contributed by atoms with Crippen LogP contribution >= 0.6 is 0 Å². The molecule has 16 heavy (non-hydrogen) atoms. The molecule has 0 amide bonds. The molecule has 4 heteroatoms. The van der Waals surface area contributed by atoms with E-state index >= 15 is 0 Å². The summed E-state index contributed by atoms with van der Waals surface area (Å²) in [6, 6.07) is 1.75. The maximum absolute atomic E-state index is 5.38. The minimum atomic E-state index is -0.0104. The minimum absolute atomic E-state index is 0.0104. The van der Waals surface area contributed by atoms with Gasteiger partial charge in [-0.1, -0.05) is 12.8 Å². The molecule has 0 aromatic carbocycles. The second-order valence-electron chi connectivity index (χ2n) is 3.34. The molecule has 0 bridgehead atoms. The predicted octanol–water partition coefficient (Wildman–Crippen LogP) is 2.01. The maximum atomic E-state index is 5.38. The van der Waals surface area contributed by atoms with Crippen LogP contribution in [-0.4, -0.2) is 22.6 Å². The Labute approximate surface area is 96.5 Å². The number of terminal acetylenes is 1. The molecule has 0 aliphatic rings. The molecule has 86 valence electrons. The number of aryl methyl sites for hydroxylation is 1. The fourth-order valence-electron chi connectivity index (χ4n) is 1.28. The van der Waals surface area contributed by atoms with Gasteiger partial charge in [0.15, 0.2) is 0 Å². The van der Waals surface area contributed by atoms with Crippen molar-refractivity contribution in [3.8, 4) is 18.2 Å². The third-order valence-corrected chi connectivity index (χ3v) is 2.04. The van der Waals surface area contributed by atoms with Crippen molar-refractivity contribution in [2.75, 3.05) is 11.9 Å². The number of nitrogens with zero attached hydrogens (tertiary/aromatic N) is 2. The van der Waals surface area contributed by atoms with Gasteiger partial charge >= 0.3 is 0 Å². The highest BCUT2D eigenvalue weighted by Gasteiger charge is 2.06. The Kier molecular flexibility index (Phi) is 4.59. The van der Waals surface area contributed by atoms with Crippen LogP contribution in [0.25, 0.3) is 0 Å². The maximum Gasteiger partial charge on any atom is 0.218 e. The Balaban J connectivity index is 2.84. The molecule has 0 spiro atoms. The highest BCUT2D eigenvalue weighted by molar-refractivity contribution is 5.41. The van der Waals surface area contributed by atoms with Crippen LogP contribution in [0.3, 0.4) is 0 Å². The van der Waals surface area contributed by atoms with E-state index in [0.29, 0.717) is 24.1 Å². The van der Waals surface area contributed by atoms with Gasteiger partial charge in [0.1, 0.15) is 11.6 Å². The van der Waals surface area contributed by atoms with Gasteiger partial charge in [-0.3, -0.25) is 0 Å². The molecule has 0 aliphatic heterocycles. The summed E-state index contributed by atoms with van der Waals surface area (Å²) >= 11 is 0. The van der Waals surface area contributed by atoms with Crippen molar-refractivity contribution in [2.24, 2.45) is 0 Å². The molecule has 1 aromatic heterocycles. The highest BCUT2D eigenvalue weighted by Crippen LogP contribution is 2.14. The van der Waals surface area contributed by atoms with Gasteiger partial charge < -0.3 is 10.1 Å². The molecule has 1 heterocycles. The lowest BCUT2D eigenvalue weighted by atomic mass is 10.2. The van der Waals surface area contributed by atoms with Gasteiger partial charge in [-0.15, -0.1) is 6.42 Å². The summed E-state index contributed by atoms with van der Waals surface area (Å²) in [5.41, 5.74) is 0. The van der Waals surface area contributed by atoms with E-state index in [1.807, 2.05) is 20.8 Å². The Hall–Kier alpha value is -1.76. The van der Waals surface area contributed by atoms with Crippen molar-refractivity contribution in [2.45, 2.75) is 33.2 Å². The van der Waals surface area contributed by atoms with Crippen LogP contribution in [0.4, 0.5) is 5.82 Å². The summed E-state index contributed by atoms with van der Waals surface area (Å²) in [5.74, 6) is 4.61. The van der Waals surface area contributed by atoms with E-state index in [-0.39, 0.29) is 6.04 Å². The lowest BCUT2D eigenvalue weighted by molar-refractivity contribution is 0.325. The van der Waals surface area contributed by atoms with Gasteiger partial charge in [-0.05, 0) is 20.3 Å². The first-order valence-electron chi connectivity index (χ1n) is 5.40. The standard InChI is InChI=1S/C12H17N3O/c1-5-10(6-2)15-11-8-12(16-7-3)14-9(4)13-11/h1,8,10H,6-7H2,2-4H3,(H,13,14,15). The summed E-state index contributed by atoms with van der Waals surface area (Å²) in [4.78, 5) is 8.41. The van der Waals surface area contributed by atoms with Gasteiger partial charge in [0.25, 0.3) is 0 Å². The zero-order chi connectivity index (χ0) is 12.0. The normalized spacial score (nSPS) is 11.6. The lowest BCUT2D eigenvalue weighted by Gasteiger charge is -2.12. The molecule has 1 N–H and O–H groups in total. The zero-order valence-corrected chi connectivity index (χ0v) is 9.95. The van der Waals surface area contributed by atoms with Crippen LogP contribution in [0.2, 0.25) is 0 Å². The minimum Gasteiger partial charge on any atom is -0.478 e. The fourth-order valence-corrected chi connectivity index (χ4v) is 1.28. The second-order valence-corrected chi connectivity index (χ2v) is 3.34. The molecule has 4 nitrogen and oxygen atoms in total. The number of rotatable bonds is 5. The molecular formula is C12H17N3O. The number of anilines is 1. The molecule has 1 aromatic rings. The van der Waals surface area contributed by atoms with Gasteiger partial charge in [0, 0.05) is 6.07 Å². The zero-order valence-electron chi connectivity index (χ0n) is 9.95. The van der Waals surface area contributed by atoms with Gasteiger partial charge in [0.05, 0.1) is 12.6 Å². The van der Waals surface area contributed by atoms with Gasteiger partial charge in [0.2, 0.25) is 5.88 Å². The van der Waals surface area contributed by atoms with Crippen molar-refractivity contribution < 1.29 is 4.74 Å². The van der Waals surface area contributed by atoms with E-state index < -0.39 is 0 Å². The van der Waals surface area contributed by atoms with E-state index in [1.165, 1.54) is 0 Å². The number of ether oxygens (including phenoxy) is 1. The average molecular weight is 219 g/mol. The van der Waals surface area contributed by atoms with Crippen molar-refractivity contribution in [1.82, 2.24) is 9.97 Å². The smallest absolute Gasteiger partial charge is 0.218 e. The number of hydrogen-bond acceptors (Lipinski definition) is 4. The number of nitrogens with one attached hydrogen (secondary N) is 1. The molecule has 0 saturated carbocycles. The fraction of sp³-hybridized carbons (Fsp3) is 0.500. The quantitative estimate of drug-likeness (QED) is 0.769. The molecular weight excluding hydrogens is 202 g/mol. The topological polar surface area (TPSA) is 47.0 Å². The summed E-state index contributed by atoms with van der Waals surface area (Å²) in [7, 11) is 0. The van der Waals surface area contributed by atoms with Crippen LogP contribution in [0.15, 0.2) is 6.07 Å². The van der Waals surface area contributed by atoms with E-state index in [9.17, 15) is 0 Å². The Morgan fingerprint density at radius 3 is 2.81 bits per heavy atom. The first-order valence-corrected chi connectivity index (χ1v) is 5.40. The molecule has 1 unspecified atom stereocenters. The lowest BCUT2D eigenvalue weighted by Crippen LogP contribution is -2.17. The number of hydrogen-bond donors (Lipinski definition) is 1. The summed E-state index contributed by atoms with van der Waals surface area (Å²) in [6.45, 7) is 6.35. The highest BCUT2D eigenvalue weighted by atomic mass is 16.5. The van der Waals surface area contributed by atoms with E-state index in [4.69, 9.17) is 11.2 Å². The molecule has 0 radical (unpaired) electrons. The van der Waals surface area contributed by atoms with Crippen LogP contribution in [0.1, 0.15) is 26.1 Å². The van der Waals surface area contributed by atoms with Gasteiger partial charge in [-0.2, -0.15) is 4.98 Å². The Bertz CT molecular complexity index is 384. The van der Waals surface area contributed by atoms with Crippen LogP contribution in [-0.2, 0) is 0 Å². The largest absolute Gasteiger partial charge is 0.478 e. The van der Waals surface area contributed by atoms with E-state index in [2.05, 4.69) is 21.2 Å². The summed E-state index contributed by atoms with van der Waals surface area (Å²) < 4.78 is 5.33. The van der Waals surface area contributed by atoms with Crippen molar-refractivity contribution in [3.63, 3.8) is 0 Å². The van der Waals surface area contributed by atoms with Crippen molar-refractivity contribution in [1.29, 1.82) is 0 Å². The third kappa shape index (κ3) is 3.43. The van der Waals surface area contributed by atoms with Gasteiger partial charge in [-0.25, -0.2) is 4.98 Å². The van der Waals surface area contributed by atoms with Crippen LogP contribution in [0.5, 0.6) is 5.88 Å². The SMILES string of the molecule is C#CC(CC)Nc1cc(OCC)nc(C)n1. The number of aromatic nitrogens is 2. The van der Waals surface area contributed by atoms with Crippen molar-refractivity contribution in [3.05, 3.63) is 11.9 Å². The second kappa shape index (κ2) is 5.96. The van der Waals surface area contributed by atoms with Crippen LogP contribution in [0, 0.1) is 19.3 Å². The summed E-state index contributed by atoms with van der Waals surface area (Å²) in [5, 5.41) is 3.15. The van der Waals surface area contributed by atoms with E-state index in [0.717, 1.165) is 6.42 Å². The molecule has 1 atom stereocenters. The monoisotopic (exact) mass is 219 g/mol.